The van der Waals surface area contributed by atoms with Crippen molar-refractivity contribution >= 4 is 40.6 Å². The molecule has 0 saturated carbocycles. The summed E-state index contributed by atoms with van der Waals surface area (Å²) in [6.45, 7) is 27.1. The Kier molecular flexibility index (Phi) is 5.16. The zero-order valence-corrected chi connectivity index (χ0v) is 24.2. The third kappa shape index (κ3) is 2.55. The van der Waals surface area contributed by atoms with E-state index < -0.39 is 8.07 Å². The number of imidazole rings is 1. The molecule has 0 saturated heterocycles. The van der Waals surface area contributed by atoms with Crippen LogP contribution in [0.15, 0.2) is 36.4 Å². The highest BCUT2D eigenvalue weighted by Gasteiger charge is 2.61. The van der Waals surface area contributed by atoms with Crippen LogP contribution >= 0.6 is 0 Å². The molecule has 0 spiro atoms. The second-order valence-corrected chi connectivity index (χ2v) is 17.1. The van der Waals surface area contributed by atoms with Gasteiger partial charge in [0, 0.05) is 22.7 Å². The fourth-order valence-corrected chi connectivity index (χ4v) is 14.0. The summed E-state index contributed by atoms with van der Waals surface area (Å²) < 4.78 is 5.43. The molecule has 0 atom stereocenters. The van der Waals surface area contributed by atoms with Crippen LogP contribution in [0.1, 0.15) is 84.3 Å². The SMILES string of the molecule is Cc1c2[n+]3c4c(cccc4c4cccc(C(C)C)c4c3n1C(C)C)[Si](C)(C)C2(C(C)C)C(C)C. The van der Waals surface area contributed by atoms with E-state index in [4.69, 9.17) is 0 Å². The van der Waals surface area contributed by atoms with Gasteiger partial charge >= 0.3 is 0 Å². The van der Waals surface area contributed by atoms with E-state index in [0.29, 0.717) is 23.8 Å². The van der Waals surface area contributed by atoms with Gasteiger partial charge in [-0.2, -0.15) is 4.40 Å². The van der Waals surface area contributed by atoms with Crippen molar-refractivity contribution < 1.29 is 4.40 Å². The quantitative estimate of drug-likeness (QED) is 0.165. The van der Waals surface area contributed by atoms with E-state index in [1.54, 1.807) is 10.9 Å². The monoisotopic (exact) mass is 471 g/mol. The number of para-hydroxylation sites is 1. The van der Waals surface area contributed by atoms with E-state index in [-0.39, 0.29) is 5.04 Å². The predicted molar refractivity (Wildman–Crippen MR) is 150 cm³/mol. The normalized spacial score (nSPS) is 17.0. The summed E-state index contributed by atoms with van der Waals surface area (Å²) >= 11 is 0. The van der Waals surface area contributed by atoms with Gasteiger partial charge in [-0.1, -0.05) is 91.0 Å². The largest absolute Gasteiger partial charge is 0.295 e. The predicted octanol–water partition coefficient (Wildman–Crippen LogP) is 7.56. The van der Waals surface area contributed by atoms with E-state index in [9.17, 15) is 0 Å². The number of hydrogen-bond donors (Lipinski definition) is 0. The number of aromatic nitrogens is 2. The molecule has 1 aliphatic heterocycles. The first-order valence-electron chi connectivity index (χ1n) is 13.3. The summed E-state index contributed by atoms with van der Waals surface area (Å²) in [7, 11) is -1.93. The Bertz CT molecular complexity index is 1440. The first-order chi connectivity index (χ1) is 15.9. The minimum absolute atomic E-state index is 0.155. The second kappa shape index (κ2) is 7.43. The molecule has 2 aromatic heterocycles. The Balaban J connectivity index is 2.25. The Hall–Kier alpha value is -2.13. The Morgan fingerprint density at radius 1 is 0.824 bits per heavy atom. The summed E-state index contributed by atoms with van der Waals surface area (Å²) in [6, 6.07) is 14.6. The Morgan fingerprint density at radius 2 is 1.41 bits per heavy atom. The molecule has 0 bridgehead atoms. The fraction of sp³-hybridized carbons (Fsp3) is 0.516. The second-order valence-electron chi connectivity index (χ2n) is 12.5. The van der Waals surface area contributed by atoms with Crippen molar-refractivity contribution in [2.75, 3.05) is 0 Å². The third-order valence-corrected chi connectivity index (χ3v) is 14.5. The van der Waals surface area contributed by atoms with Crippen LogP contribution in [0.2, 0.25) is 13.1 Å². The lowest BCUT2D eigenvalue weighted by Gasteiger charge is -2.52. The van der Waals surface area contributed by atoms with Gasteiger partial charge in [0.25, 0.3) is 5.65 Å². The fourth-order valence-electron chi connectivity index (χ4n) is 8.42. The van der Waals surface area contributed by atoms with Crippen LogP contribution < -0.4 is 9.59 Å². The minimum Gasteiger partial charge on any atom is -0.225 e. The molecule has 4 aromatic rings. The molecule has 0 radical (unpaired) electrons. The van der Waals surface area contributed by atoms with Crippen LogP contribution in [-0.2, 0) is 5.04 Å². The Labute approximate surface area is 207 Å². The number of hydrogen-bond acceptors (Lipinski definition) is 0. The number of benzene rings is 2. The highest BCUT2D eigenvalue weighted by Crippen LogP contribution is 2.50. The average molecular weight is 472 g/mol. The van der Waals surface area contributed by atoms with E-state index in [1.165, 1.54) is 38.6 Å². The summed E-state index contributed by atoms with van der Waals surface area (Å²) in [5, 5.41) is 6.08. The maximum atomic E-state index is 2.76. The smallest absolute Gasteiger partial charge is 0.225 e. The molecule has 5 rings (SSSR count). The summed E-state index contributed by atoms with van der Waals surface area (Å²) in [5.41, 5.74) is 7.43. The summed E-state index contributed by atoms with van der Waals surface area (Å²) in [6.07, 6.45) is 0. The molecule has 1 aliphatic rings. The average Bonchev–Trinajstić information content (AvgIpc) is 3.06. The van der Waals surface area contributed by atoms with Crippen molar-refractivity contribution in [3.63, 3.8) is 0 Å². The molecular formula is C31H43N2Si+. The molecule has 0 N–H and O–H groups in total. The number of nitrogens with zero attached hydrogens (tertiary/aromatic N) is 2. The molecule has 180 valence electrons. The van der Waals surface area contributed by atoms with E-state index in [1.807, 2.05) is 0 Å². The van der Waals surface area contributed by atoms with Gasteiger partial charge < -0.3 is 0 Å². The van der Waals surface area contributed by atoms with Gasteiger partial charge in [-0.15, -0.1) is 0 Å². The minimum atomic E-state index is -1.93. The van der Waals surface area contributed by atoms with Crippen LogP contribution in [0.25, 0.3) is 27.3 Å². The molecule has 34 heavy (non-hydrogen) atoms. The van der Waals surface area contributed by atoms with E-state index in [2.05, 4.69) is 121 Å². The standard InChI is InChI=1S/C31H43N2Si/c1-18(2)23-14-12-15-24-25-16-13-17-26-28(25)33-29(22(9)32(21(7)8)30(33)27(23)24)31(19(3)4,20(5)6)34(26,10)11/h12-21H,1-11H3/q+1. The van der Waals surface area contributed by atoms with Crippen molar-refractivity contribution in [1.82, 2.24) is 4.57 Å². The zero-order valence-electron chi connectivity index (χ0n) is 23.2. The lowest BCUT2D eigenvalue weighted by molar-refractivity contribution is -0.496. The lowest BCUT2D eigenvalue weighted by Crippen LogP contribution is -2.71. The number of pyridine rings is 1. The van der Waals surface area contributed by atoms with Crippen LogP contribution in [0.3, 0.4) is 0 Å². The summed E-state index contributed by atoms with van der Waals surface area (Å²) in [4.78, 5) is 0. The van der Waals surface area contributed by atoms with E-state index >= 15 is 0 Å². The summed E-state index contributed by atoms with van der Waals surface area (Å²) in [5.74, 6) is 1.60. The zero-order chi connectivity index (χ0) is 24.9. The van der Waals surface area contributed by atoms with Gasteiger partial charge in [-0.05, 0) is 42.4 Å². The Morgan fingerprint density at radius 3 is 1.97 bits per heavy atom. The van der Waals surface area contributed by atoms with Gasteiger partial charge in [-0.3, -0.25) is 0 Å². The van der Waals surface area contributed by atoms with Crippen LogP contribution in [0.5, 0.6) is 0 Å². The van der Waals surface area contributed by atoms with Crippen molar-refractivity contribution in [2.24, 2.45) is 11.8 Å². The molecule has 2 aromatic carbocycles. The highest BCUT2D eigenvalue weighted by atomic mass is 28.3. The maximum Gasteiger partial charge on any atom is 0.295 e. The first-order valence-corrected chi connectivity index (χ1v) is 16.3. The lowest BCUT2D eigenvalue weighted by atomic mass is 9.80. The van der Waals surface area contributed by atoms with Gasteiger partial charge in [0.2, 0.25) is 0 Å². The van der Waals surface area contributed by atoms with Crippen molar-refractivity contribution in [2.45, 2.75) is 92.4 Å². The van der Waals surface area contributed by atoms with Crippen LogP contribution in [0.4, 0.5) is 0 Å². The van der Waals surface area contributed by atoms with Crippen LogP contribution in [0, 0.1) is 18.8 Å². The molecule has 3 heteroatoms. The molecule has 0 amide bonds. The number of rotatable bonds is 4. The third-order valence-electron chi connectivity index (χ3n) is 9.30. The van der Waals surface area contributed by atoms with Crippen LogP contribution in [-0.4, -0.2) is 12.6 Å². The van der Waals surface area contributed by atoms with Crippen molar-refractivity contribution in [1.29, 1.82) is 0 Å². The molecular weight excluding hydrogens is 428 g/mol. The molecule has 0 fully saturated rings. The van der Waals surface area contributed by atoms with Crippen molar-refractivity contribution in [3.05, 3.63) is 53.3 Å². The maximum absolute atomic E-state index is 2.76. The van der Waals surface area contributed by atoms with Gasteiger partial charge in [0.15, 0.2) is 5.69 Å². The number of fused-ring (bicyclic) bond motifs is 3. The first kappa shape index (κ1) is 23.6. The highest BCUT2D eigenvalue weighted by molar-refractivity contribution is 6.94. The van der Waals surface area contributed by atoms with Crippen molar-refractivity contribution in [3.8, 4) is 0 Å². The van der Waals surface area contributed by atoms with E-state index in [0.717, 1.165) is 0 Å². The molecule has 2 nitrogen and oxygen atoms in total. The van der Waals surface area contributed by atoms with Gasteiger partial charge in [-0.25, -0.2) is 4.57 Å². The van der Waals surface area contributed by atoms with Gasteiger partial charge in [0.05, 0.1) is 11.4 Å². The van der Waals surface area contributed by atoms with Gasteiger partial charge in [0.1, 0.15) is 19.3 Å². The molecule has 3 heterocycles. The molecule has 0 aliphatic carbocycles. The molecule has 0 unspecified atom stereocenters. The topological polar surface area (TPSA) is 9.03 Å².